The van der Waals surface area contributed by atoms with E-state index in [0.717, 1.165) is 49.3 Å². The molecular weight excluding hydrogens is 506 g/mol. The van der Waals surface area contributed by atoms with E-state index in [1.165, 1.54) is 11.6 Å². The monoisotopic (exact) mass is 532 g/mol. The molecule has 0 spiro atoms. The van der Waals surface area contributed by atoms with Crippen molar-refractivity contribution in [2.24, 2.45) is 4.99 Å². The predicted octanol–water partition coefficient (Wildman–Crippen LogP) is 3.48. The Hall–Kier alpha value is -1.42. The molecule has 0 aliphatic carbocycles. The van der Waals surface area contributed by atoms with Gasteiger partial charge in [0.15, 0.2) is 5.96 Å². The number of halogens is 3. The molecule has 29 heavy (non-hydrogen) atoms. The van der Waals surface area contributed by atoms with Crippen LogP contribution in [0.3, 0.4) is 0 Å². The minimum Gasteiger partial charge on any atom is -0.392 e. The van der Waals surface area contributed by atoms with Gasteiger partial charge in [0.2, 0.25) is 0 Å². The SMILES string of the molecule is CN=C(NCc1ccc(F)c(CO)c1)N1CCN(Cc2cccc(Cl)c2)CC1.I. The molecule has 0 radical (unpaired) electrons. The summed E-state index contributed by atoms with van der Waals surface area (Å²) in [6.07, 6.45) is 0. The van der Waals surface area contributed by atoms with Gasteiger partial charge < -0.3 is 15.3 Å². The first kappa shape index (κ1) is 23.9. The topological polar surface area (TPSA) is 51.1 Å². The van der Waals surface area contributed by atoms with E-state index in [9.17, 15) is 9.50 Å². The lowest BCUT2D eigenvalue weighted by Crippen LogP contribution is -2.52. The Kier molecular flexibility index (Phi) is 9.61. The molecule has 158 valence electrons. The van der Waals surface area contributed by atoms with Crippen LogP contribution >= 0.6 is 35.6 Å². The van der Waals surface area contributed by atoms with Gasteiger partial charge in [0.05, 0.1) is 6.61 Å². The fourth-order valence-electron chi connectivity index (χ4n) is 3.38. The van der Waals surface area contributed by atoms with E-state index in [-0.39, 0.29) is 36.4 Å². The van der Waals surface area contributed by atoms with Gasteiger partial charge in [0, 0.05) is 56.9 Å². The number of rotatable bonds is 5. The lowest BCUT2D eigenvalue weighted by atomic mass is 10.1. The molecule has 5 nitrogen and oxygen atoms in total. The van der Waals surface area contributed by atoms with Crippen molar-refractivity contribution in [2.75, 3.05) is 33.2 Å². The van der Waals surface area contributed by atoms with Crippen molar-refractivity contribution in [1.29, 1.82) is 0 Å². The highest BCUT2D eigenvalue weighted by molar-refractivity contribution is 14.0. The van der Waals surface area contributed by atoms with Gasteiger partial charge in [-0.25, -0.2) is 4.39 Å². The molecule has 0 saturated carbocycles. The second kappa shape index (κ2) is 11.7. The summed E-state index contributed by atoms with van der Waals surface area (Å²) in [4.78, 5) is 9.01. The molecule has 0 unspecified atom stereocenters. The molecule has 0 bridgehead atoms. The standard InChI is InChI=1S/C21H26ClFN4O.HI/c1-24-21(25-13-16-5-6-20(23)18(11-16)15-28)27-9-7-26(8-10-27)14-17-3-2-4-19(22)12-17;/h2-6,11-12,28H,7-10,13-15H2,1H3,(H,24,25);1H. The summed E-state index contributed by atoms with van der Waals surface area (Å²) in [5, 5.41) is 13.3. The van der Waals surface area contributed by atoms with Gasteiger partial charge in [-0.15, -0.1) is 24.0 Å². The Bertz CT molecular complexity index is 828. The Morgan fingerprint density at radius 1 is 1.14 bits per heavy atom. The quantitative estimate of drug-likeness (QED) is 0.352. The van der Waals surface area contributed by atoms with Crippen molar-refractivity contribution in [1.82, 2.24) is 15.1 Å². The zero-order valence-corrected chi connectivity index (χ0v) is 19.5. The van der Waals surface area contributed by atoms with Gasteiger partial charge >= 0.3 is 0 Å². The summed E-state index contributed by atoms with van der Waals surface area (Å²) in [6, 6.07) is 12.8. The largest absolute Gasteiger partial charge is 0.392 e. The first-order chi connectivity index (χ1) is 13.6. The summed E-state index contributed by atoms with van der Waals surface area (Å²) in [5.74, 6) is 0.448. The predicted molar refractivity (Wildman–Crippen MR) is 126 cm³/mol. The number of nitrogens with zero attached hydrogens (tertiary/aromatic N) is 3. The number of aliphatic imine (C=N–C) groups is 1. The highest BCUT2D eigenvalue weighted by Crippen LogP contribution is 2.14. The van der Waals surface area contributed by atoms with Crippen LogP contribution < -0.4 is 5.32 Å². The number of hydrogen-bond donors (Lipinski definition) is 2. The van der Waals surface area contributed by atoms with E-state index in [0.29, 0.717) is 12.1 Å². The zero-order valence-electron chi connectivity index (χ0n) is 16.4. The van der Waals surface area contributed by atoms with E-state index < -0.39 is 0 Å². The van der Waals surface area contributed by atoms with Crippen LogP contribution in [0, 0.1) is 5.82 Å². The van der Waals surface area contributed by atoms with Crippen LogP contribution in [0.2, 0.25) is 5.02 Å². The van der Waals surface area contributed by atoms with Crippen molar-refractivity contribution < 1.29 is 9.50 Å². The molecule has 8 heteroatoms. The maximum atomic E-state index is 13.5. The molecule has 1 saturated heterocycles. The molecule has 1 aliphatic heterocycles. The smallest absolute Gasteiger partial charge is 0.194 e. The first-order valence-electron chi connectivity index (χ1n) is 9.39. The van der Waals surface area contributed by atoms with Crippen molar-refractivity contribution in [2.45, 2.75) is 19.7 Å². The maximum Gasteiger partial charge on any atom is 0.194 e. The maximum absolute atomic E-state index is 13.5. The van der Waals surface area contributed by atoms with Crippen LogP contribution in [0.5, 0.6) is 0 Å². The average molecular weight is 533 g/mol. The number of guanidine groups is 1. The Balaban J connectivity index is 0.00000300. The van der Waals surface area contributed by atoms with Crippen LogP contribution in [-0.2, 0) is 19.7 Å². The second-order valence-electron chi connectivity index (χ2n) is 6.88. The molecule has 0 amide bonds. The third kappa shape index (κ3) is 6.80. The van der Waals surface area contributed by atoms with E-state index in [1.54, 1.807) is 19.2 Å². The summed E-state index contributed by atoms with van der Waals surface area (Å²) >= 11 is 6.07. The molecule has 2 aromatic rings. The Labute approximate surface area is 193 Å². The minimum absolute atomic E-state index is 0. The van der Waals surface area contributed by atoms with Crippen molar-refractivity contribution in [3.63, 3.8) is 0 Å². The molecule has 2 N–H and O–H groups in total. The fraction of sp³-hybridized carbons (Fsp3) is 0.381. The van der Waals surface area contributed by atoms with Crippen LogP contribution in [-0.4, -0.2) is 54.1 Å². The molecule has 1 heterocycles. The zero-order chi connectivity index (χ0) is 19.9. The second-order valence-corrected chi connectivity index (χ2v) is 7.31. The number of aliphatic hydroxyl groups is 1. The normalized spacial score (nSPS) is 15.2. The van der Waals surface area contributed by atoms with Gasteiger partial charge in [0.25, 0.3) is 0 Å². The summed E-state index contributed by atoms with van der Waals surface area (Å²) in [6.45, 7) is 4.76. The van der Waals surface area contributed by atoms with Crippen LogP contribution in [0.15, 0.2) is 47.5 Å². The van der Waals surface area contributed by atoms with E-state index in [1.807, 2.05) is 18.2 Å². The van der Waals surface area contributed by atoms with Crippen molar-refractivity contribution in [3.8, 4) is 0 Å². The molecule has 1 aliphatic rings. The first-order valence-corrected chi connectivity index (χ1v) is 9.77. The van der Waals surface area contributed by atoms with E-state index in [4.69, 9.17) is 11.6 Å². The van der Waals surface area contributed by atoms with Crippen LogP contribution in [0.1, 0.15) is 16.7 Å². The highest BCUT2D eigenvalue weighted by atomic mass is 127. The number of hydrogen-bond acceptors (Lipinski definition) is 3. The molecule has 0 aromatic heterocycles. The third-order valence-corrected chi connectivity index (χ3v) is 5.15. The summed E-state index contributed by atoms with van der Waals surface area (Å²) < 4.78 is 13.5. The van der Waals surface area contributed by atoms with Gasteiger partial charge in [-0.2, -0.15) is 0 Å². The molecule has 1 fully saturated rings. The third-order valence-electron chi connectivity index (χ3n) is 4.91. The molecular formula is C21H27ClFIN4O. The Morgan fingerprint density at radius 3 is 2.55 bits per heavy atom. The molecule has 3 rings (SSSR count). The van der Waals surface area contributed by atoms with Crippen molar-refractivity contribution in [3.05, 3.63) is 70.0 Å². The van der Waals surface area contributed by atoms with Crippen molar-refractivity contribution >= 4 is 41.5 Å². The molecule has 2 aromatic carbocycles. The Morgan fingerprint density at radius 2 is 1.90 bits per heavy atom. The average Bonchev–Trinajstić information content (AvgIpc) is 2.71. The number of aliphatic hydroxyl groups excluding tert-OH is 1. The number of piperazine rings is 1. The van der Waals surface area contributed by atoms with Crippen LogP contribution in [0.25, 0.3) is 0 Å². The highest BCUT2D eigenvalue weighted by Gasteiger charge is 2.19. The van der Waals surface area contributed by atoms with Crippen LogP contribution in [0.4, 0.5) is 4.39 Å². The number of benzene rings is 2. The summed E-state index contributed by atoms with van der Waals surface area (Å²) in [7, 11) is 1.77. The van der Waals surface area contributed by atoms with Gasteiger partial charge in [0.1, 0.15) is 5.82 Å². The van der Waals surface area contributed by atoms with Gasteiger partial charge in [-0.3, -0.25) is 9.89 Å². The minimum atomic E-state index is -0.383. The van der Waals surface area contributed by atoms with E-state index in [2.05, 4.69) is 26.2 Å². The lowest BCUT2D eigenvalue weighted by molar-refractivity contribution is 0.172. The van der Waals surface area contributed by atoms with Gasteiger partial charge in [-0.05, 0) is 35.4 Å². The van der Waals surface area contributed by atoms with E-state index >= 15 is 0 Å². The lowest BCUT2D eigenvalue weighted by Gasteiger charge is -2.36. The number of nitrogens with one attached hydrogen (secondary N) is 1. The molecule has 0 atom stereocenters. The fourth-order valence-corrected chi connectivity index (χ4v) is 3.60. The van der Waals surface area contributed by atoms with Gasteiger partial charge in [-0.1, -0.05) is 29.8 Å². The summed E-state index contributed by atoms with van der Waals surface area (Å²) in [5.41, 5.74) is 2.44.